The second-order valence-corrected chi connectivity index (χ2v) is 5.57. The molecule has 82 valence electrons. The fourth-order valence-electron chi connectivity index (χ4n) is 1.96. The van der Waals surface area contributed by atoms with Crippen LogP contribution in [0.15, 0.2) is 24.3 Å². The molecule has 1 N–H and O–H groups in total. The zero-order valence-electron chi connectivity index (χ0n) is 9.17. The second kappa shape index (κ2) is 5.30. The molecule has 0 bridgehead atoms. The van der Waals surface area contributed by atoms with Crippen LogP contribution < -0.4 is 5.32 Å². The van der Waals surface area contributed by atoms with Crippen molar-refractivity contribution in [3.63, 3.8) is 0 Å². The van der Waals surface area contributed by atoms with Gasteiger partial charge in [0.25, 0.3) is 0 Å². The van der Waals surface area contributed by atoms with E-state index < -0.39 is 0 Å². The molecule has 0 amide bonds. The monoisotopic (exact) mass is 315 g/mol. The highest BCUT2D eigenvalue weighted by Crippen LogP contribution is 2.40. The molecule has 2 heteroatoms. The Labute approximate surface area is 106 Å². The first-order chi connectivity index (χ1) is 7.31. The van der Waals surface area contributed by atoms with Gasteiger partial charge >= 0.3 is 0 Å². The third-order valence-electron chi connectivity index (χ3n) is 2.94. The van der Waals surface area contributed by atoms with Gasteiger partial charge in [-0.05, 0) is 72.0 Å². The molecule has 0 aliphatic heterocycles. The lowest BCUT2D eigenvalue weighted by molar-refractivity contribution is 0.481. The molecular weight excluding hydrogens is 297 g/mol. The summed E-state index contributed by atoms with van der Waals surface area (Å²) in [6, 6.07) is 9.56. The number of rotatable bonds is 5. The van der Waals surface area contributed by atoms with Gasteiger partial charge in [-0.2, -0.15) is 0 Å². The third kappa shape index (κ3) is 3.18. The summed E-state index contributed by atoms with van der Waals surface area (Å²) in [5, 5.41) is 3.66. The summed E-state index contributed by atoms with van der Waals surface area (Å²) in [7, 11) is 0. The number of benzene rings is 1. The lowest BCUT2D eigenvalue weighted by Crippen LogP contribution is -2.23. The average Bonchev–Trinajstić information content (AvgIpc) is 3.05. The minimum absolute atomic E-state index is 0.599. The Morgan fingerprint density at radius 1 is 1.33 bits per heavy atom. The molecule has 1 fully saturated rings. The van der Waals surface area contributed by atoms with E-state index in [1.807, 2.05) is 0 Å². The Hall–Kier alpha value is -0.0900. The van der Waals surface area contributed by atoms with Crippen LogP contribution in [0.25, 0.3) is 0 Å². The van der Waals surface area contributed by atoms with Gasteiger partial charge in [0, 0.05) is 9.61 Å². The van der Waals surface area contributed by atoms with Gasteiger partial charge in [0.1, 0.15) is 0 Å². The first kappa shape index (κ1) is 11.4. The molecule has 0 aromatic heterocycles. The van der Waals surface area contributed by atoms with E-state index in [1.54, 1.807) is 0 Å². The van der Waals surface area contributed by atoms with Crippen LogP contribution in [0.4, 0.5) is 0 Å². The van der Waals surface area contributed by atoms with Crippen molar-refractivity contribution in [2.24, 2.45) is 5.92 Å². The number of halogens is 1. The van der Waals surface area contributed by atoms with Crippen LogP contribution in [0, 0.1) is 9.49 Å². The van der Waals surface area contributed by atoms with E-state index in [4.69, 9.17) is 0 Å². The van der Waals surface area contributed by atoms with Gasteiger partial charge in [0.2, 0.25) is 0 Å². The summed E-state index contributed by atoms with van der Waals surface area (Å²) in [5.41, 5.74) is 1.46. The van der Waals surface area contributed by atoms with Crippen LogP contribution in [0.2, 0.25) is 0 Å². The van der Waals surface area contributed by atoms with E-state index in [-0.39, 0.29) is 0 Å². The Kier molecular flexibility index (Phi) is 4.03. The van der Waals surface area contributed by atoms with E-state index in [9.17, 15) is 0 Å². The van der Waals surface area contributed by atoms with E-state index in [2.05, 4.69) is 59.1 Å². The largest absolute Gasteiger partial charge is 0.310 e. The fraction of sp³-hybridized carbons (Fsp3) is 0.538. The molecular formula is C13H18IN. The predicted octanol–water partition coefficient (Wildman–Crippen LogP) is 3.74. The van der Waals surface area contributed by atoms with Gasteiger partial charge < -0.3 is 5.32 Å². The van der Waals surface area contributed by atoms with Crippen LogP contribution in [-0.4, -0.2) is 6.54 Å². The van der Waals surface area contributed by atoms with Crippen LogP contribution in [0.5, 0.6) is 0 Å². The maximum Gasteiger partial charge on any atom is 0.0348 e. The molecule has 1 nitrogen and oxygen atoms in total. The van der Waals surface area contributed by atoms with Crippen molar-refractivity contribution in [2.75, 3.05) is 6.54 Å². The lowest BCUT2D eigenvalue weighted by Gasteiger charge is -2.18. The van der Waals surface area contributed by atoms with Gasteiger partial charge in [-0.25, -0.2) is 0 Å². The summed E-state index contributed by atoms with van der Waals surface area (Å²) in [4.78, 5) is 0. The van der Waals surface area contributed by atoms with Crippen molar-refractivity contribution >= 4 is 22.6 Å². The Bertz CT molecular complexity index is 303. The van der Waals surface area contributed by atoms with Gasteiger partial charge in [0.05, 0.1) is 0 Å². The van der Waals surface area contributed by atoms with Crippen molar-refractivity contribution in [3.05, 3.63) is 33.4 Å². The summed E-state index contributed by atoms with van der Waals surface area (Å²) in [5.74, 6) is 0.886. The Morgan fingerprint density at radius 3 is 2.53 bits per heavy atom. The smallest absolute Gasteiger partial charge is 0.0348 e. The second-order valence-electron chi connectivity index (χ2n) is 4.32. The molecule has 1 aromatic carbocycles. The zero-order valence-corrected chi connectivity index (χ0v) is 11.3. The Morgan fingerprint density at radius 2 is 2.00 bits per heavy atom. The highest BCUT2D eigenvalue weighted by Gasteiger charge is 2.31. The molecule has 1 unspecified atom stereocenters. The Balaban J connectivity index is 2.06. The lowest BCUT2D eigenvalue weighted by atomic mass is 10.0. The topological polar surface area (TPSA) is 12.0 Å². The van der Waals surface area contributed by atoms with Gasteiger partial charge in [-0.15, -0.1) is 0 Å². The van der Waals surface area contributed by atoms with Gasteiger partial charge in [-0.1, -0.05) is 19.1 Å². The van der Waals surface area contributed by atoms with Crippen molar-refractivity contribution in [1.82, 2.24) is 5.32 Å². The maximum atomic E-state index is 3.66. The molecule has 0 saturated heterocycles. The van der Waals surface area contributed by atoms with Gasteiger partial charge in [-0.3, -0.25) is 0 Å². The molecule has 2 rings (SSSR count). The van der Waals surface area contributed by atoms with Gasteiger partial charge in [0.15, 0.2) is 0 Å². The summed E-state index contributed by atoms with van der Waals surface area (Å²) in [6.45, 7) is 3.36. The molecule has 1 aliphatic rings. The number of nitrogens with one attached hydrogen (secondary N) is 1. The highest BCUT2D eigenvalue weighted by atomic mass is 127. The molecule has 1 aliphatic carbocycles. The van der Waals surface area contributed by atoms with Crippen LogP contribution in [-0.2, 0) is 0 Å². The molecule has 1 atom stereocenters. The van der Waals surface area contributed by atoms with E-state index >= 15 is 0 Å². The summed E-state index contributed by atoms with van der Waals surface area (Å²) in [6.07, 6.45) is 4.01. The average molecular weight is 315 g/mol. The minimum Gasteiger partial charge on any atom is -0.310 e. The normalized spacial score (nSPS) is 17.7. The maximum absolute atomic E-state index is 3.66. The first-order valence-corrected chi connectivity index (χ1v) is 6.88. The molecule has 0 heterocycles. The molecule has 1 aromatic rings. The predicted molar refractivity (Wildman–Crippen MR) is 72.9 cm³/mol. The van der Waals surface area contributed by atoms with Crippen molar-refractivity contribution in [1.29, 1.82) is 0 Å². The summed E-state index contributed by atoms with van der Waals surface area (Å²) < 4.78 is 1.32. The molecule has 1 saturated carbocycles. The van der Waals surface area contributed by atoms with Crippen LogP contribution >= 0.6 is 22.6 Å². The summed E-state index contributed by atoms with van der Waals surface area (Å²) >= 11 is 2.36. The first-order valence-electron chi connectivity index (χ1n) is 5.80. The van der Waals surface area contributed by atoms with Crippen molar-refractivity contribution in [3.8, 4) is 0 Å². The molecule has 0 spiro atoms. The zero-order chi connectivity index (χ0) is 10.7. The molecule has 15 heavy (non-hydrogen) atoms. The number of hydrogen-bond acceptors (Lipinski definition) is 1. The molecule has 0 radical (unpaired) electrons. The highest BCUT2D eigenvalue weighted by molar-refractivity contribution is 14.1. The van der Waals surface area contributed by atoms with E-state index in [1.165, 1.54) is 28.4 Å². The third-order valence-corrected chi connectivity index (χ3v) is 3.66. The minimum atomic E-state index is 0.599. The quantitative estimate of drug-likeness (QED) is 0.816. The standard InChI is InChI=1S/C13H18IN/c1-2-9-15-13(10-3-4-10)11-5-7-12(14)8-6-11/h5-8,10,13,15H,2-4,9H2,1H3. The van der Waals surface area contributed by atoms with E-state index in [0.29, 0.717) is 6.04 Å². The SMILES string of the molecule is CCCNC(c1ccc(I)cc1)C1CC1. The van der Waals surface area contributed by atoms with Crippen molar-refractivity contribution < 1.29 is 0 Å². The van der Waals surface area contributed by atoms with Crippen LogP contribution in [0.1, 0.15) is 37.8 Å². The fourth-order valence-corrected chi connectivity index (χ4v) is 2.32. The van der Waals surface area contributed by atoms with Crippen LogP contribution in [0.3, 0.4) is 0 Å². The van der Waals surface area contributed by atoms with E-state index in [0.717, 1.165) is 12.5 Å². The number of hydrogen-bond donors (Lipinski definition) is 1. The van der Waals surface area contributed by atoms with Crippen molar-refractivity contribution in [2.45, 2.75) is 32.2 Å².